The molecule has 0 unspecified atom stereocenters. The van der Waals surface area contributed by atoms with Crippen molar-refractivity contribution in [2.24, 2.45) is 0 Å². The highest BCUT2D eigenvalue weighted by Gasteiger charge is 0.188. The van der Waals surface area contributed by atoms with Gasteiger partial charge in [-0.1, -0.05) is 0 Å². The second-order valence-electron chi connectivity index (χ2n) is 0. The van der Waals surface area contributed by atoms with Crippen LogP contribution < -0.4 is 0 Å². The molecule has 0 rings (SSSR count). The molecular formula is H13Al2Cl3O2. The van der Waals surface area contributed by atoms with Gasteiger partial charge in [-0.05, 0) is 0 Å². The van der Waals surface area contributed by atoms with Crippen molar-refractivity contribution in [3.63, 3.8) is 0 Å². The van der Waals surface area contributed by atoms with Gasteiger partial charge in [-0.25, -0.2) is 0 Å². The van der Waals surface area contributed by atoms with Gasteiger partial charge in [0.05, 0.1) is 0 Å². The first-order chi connectivity index (χ1) is 0. The quantitative estimate of drug-likeness (QED) is 0.385. The Labute approximate surface area is 82.5 Å². The maximum Gasteiger partial charge on any atom is 0.187 e. The summed E-state index contributed by atoms with van der Waals surface area (Å²) in [5.74, 6) is 0. The van der Waals surface area contributed by atoms with E-state index in [1.807, 2.05) is 0 Å². The maximum atomic E-state index is 0. The number of hydrogen-bond donors (Lipinski definition) is 0. The molecule has 7 heteroatoms. The van der Waals surface area contributed by atoms with Gasteiger partial charge in [0.15, 0.2) is 34.7 Å². The Morgan fingerprint density at radius 3 is 0.429 bits per heavy atom. The van der Waals surface area contributed by atoms with Gasteiger partial charge in [0, 0.05) is 0 Å². The van der Waals surface area contributed by atoms with Crippen LogP contribution >= 0.6 is 37.2 Å². The summed E-state index contributed by atoms with van der Waals surface area (Å²) in [5.41, 5.74) is 0. The van der Waals surface area contributed by atoms with Crippen molar-refractivity contribution in [1.29, 1.82) is 0 Å². The van der Waals surface area contributed by atoms with Crippen molar-refractivity contribution in [2.45, 2.75) is 0 Å². The van der Waals surface area contributed by atoms with Crippen molar-refractivity contribution in [3.05, 3.63) is 0 Å². The van der Waals surface area contributed by atoms with E-state index in [1.165, 1.54) is 0 Å². The van der Waals surface area contributed by atoms with Gasteiger partial charge in [-0.2, -0.15) is 0 Å². The van der Waals surface area contributed by atoms with Crippen molar-refractivity contribution in [2.75, 3.05) is 0 Å². The zero-order chi connectivity index (χ0) is 0. The topological polar surface area (TPSA) is 63.0 Å². The normalized spacial score (nSPS) is 0. The van der Waals surface area contributed by atoms with E-state index in [0.717, 1.165) is 0 Å². The first-order valence-electron chi connectivity index (χ1n) is 0. The number of halogens is 3. The molecule has 0 aromatic carbocycles. The molecule has 0 aromatic rings. The predicted molar refractivity (Wildman–Crippen MR) is 48.8 cm³/mol. The van der Waals surface area contributed by atoms with Crippen molar-refractivity contribution >= 4 is 71.9 Å². The average Bonchev–Trinajstić information content (AvgIpc) is 0. The van der Waals surface area contributed by atoms with Crippen molar-refractivity contribution < 1.29 is 11.0 Å². The Morgan fingerprint density at radius 1 is 0.429 bits per heavy atom. The lowest BCUT2D eigenvalue weighted by Crippen LogP contribution is -0.382. The average molecular weight is 205 g/mol. The van der Waals surface area contributed by atoms with Crippen LogP contribution in [-0.4, -0.2) is 45.7 Å². The van der Waals surface area contributed by atoms with E-state index in [9.17, 15) is 0 Å². The summed E-state index contributed by atoms with van der Waals surface area (Å²) in [6, 6.07) is 0. The van der Waals surface area contributed by atoms with E-state index in [1.54, 1.807) is 0 Å². The van der Waals surface area contributed by atoms with E-state index >= 15 is 0 Å². The van der Waals surface area contributed by atoms with E-state index in [2.05, 4.69) is 0 Å². The van der Waals surface area contributed by atoms with Gasteiger partial charge < -0.3 is 11.0 Å². The molecule has 0 aliphatic rings. The SMILES string of the molecule is Cl.Cl.Cl.O.O.[AlH3].[AlH3]. The highest BCUT2D eigenvalue weighted by molar-refractivity contribution is 5.86. The third-order valence-electron chi connectivity index (χ3n) is 0. The van der Waals surface area contributed by atoms with Crippen LogP contribution in [0.1, 0.15) is 0 Å². The minimum atomic E-state index is 0. The molecule has 0 aliphatic heterocycles. The summed E-state index contributed by atoms with van der Waals surface area (Å²) in [5, 5.41) is 0. The molecule has 0 fully saturated rings. The molecule has 2 nitrogen and oxygen atoms in total. The number of rotatable bonds is 0. The molecule has 0 saturated carbocycles. The molecule has 0 bridgehead atoms. The Morgan fingerprint density at radius 2 is 0.429 bits per heavy atom. The summed E-state index contributed by atoms with van der Waals surface area (Å²) < 4.78 is 0. The fraction of sp³-hybridized carbons (Fsp3) is 0. The summed E-state index contributed by atoms with van der Waals surface area (Å²) in [6.45, 7) is 0. The highest BCUT2D eigenvalue weighted by Crippen LogP contribution is 0.692. The Balaban J connectivity index is 0. The number of hydrogen-bond acceptors (Lipinski definition) is 0. The molecule has 4 N–H and O–H groups in total. The molecule has 0 aromatic heterocycles. The Bertz CT molecular complexity index is 10.9. The fourth-order valence-corrected chi connectivity index (χ4v) is 0. The summed E-state index contributed by atoms with van der Waals surface area (Å²) in [6.07, 6.45) is 0. The predicted octanol–water partition coefficient (Wildman–Crippen LogP) is -2.75. The first kappa shape index (κ1) is 159. The Kier molecular flexibility index (Phi) is 2430. The van der Waals surface area contributed by atoms with Crippen LogP contribution in [0.3, 0.4) is 0 Å². The zero-order valence-corrected chi connectivity index (χ0v) is 4.67. The molecular weight excluding hydrogens is 192 g/mol. The smallest absolute Gasteiger partial charge is 0.187 e. The fourth-order valence-electron chi connectivity index (χ4n) is 0. The van der Waals surface area contributed by atoms with Gasteiger partial charge in [0.25, 0.3) is 0 Å². The van der Waals surface area contributed by atoms with Crippen LogP contribution in [0.4, 0.5) is 0 Å². The second-order valence-corrected chi connectivity index (χ2v) is 0. The van der Waals surface area contributed by atoms with E-state index in [0.29, 0.717) is 0 Å². The summed E-state index contributed by atoms with van der Waals surface area (Å²) in [7, 11) is 0. The third-order valence-corrected chi connectivity index (χ3v) is 0. The molecule has 7 heavy (non-hydrogen) atoms. The maximum absolute atomic E-state index is 0. The van der Waals surface area contributed by atoms with E-state index < -0.39 is 0 Å². The lowest BCUT2D eigenvalue weighted by atomic mass is 16.0. The molecule has 0 atom stereocenters. The molecule has 0 amide bonds. The van der Waals surface area contributed by atoms with Gasteiger partial charge >= 0.3 is 0 Å². The van der Waals surface area contributed by atoms with Crippen LogP contribution in [0.25, 0.3) is 0 Å². The molecule has 0 spiro atoms. The molecule has 0 saturated heterocycles. The van der Waals surface area contributed by atoms with Crippen molar-refractivity contribution in [3.8, 4) is 0 Å². The van der Waals surface area contributed by atoms with Crippen LogP contribution in [0, 0.1) is 0 Å². The van der Waals surface area contributed by atoms with Crippen LogP contribution in [0.5, 0.6) is 0 Å². The largest absolute Gasteiger partial charge is 0.412 e. The first-order valence-corrected chi connectivity index (χ1v) is 0. The molecule has 52 valence electrons. The highest BCUT2D eigenvalue weighted by atomic mass is 35.5. The minimum Gasteiger partial charge on any atom is -0.412 e. The lowest BCUT2D eigenvalue weighted by Gasteiger charge is -0.413. The third kappa shape index (κ3) is 78.3. The van der Waals surface area contributed by atoms with Gasteiger partial charge in [0.1, 0.15) is 0 Å². The minimum absolute atomic E-state index is 0. The molecule has 0 heterocycles. The van der Waals surface area contributed by atoms with Gasteiger partial charge in [0.2, 0.25) is 0 Å². The van der Waals surface area contributed by atoms with E-state index in [-0.39, 0.29) is 82.9 Å². The summed E-state index contributed by atoms with van der Waals surface area (Å²) in [4.78, 5) is 0. The second kappa shape index (κ2) is 107. The van der Waals surface area contributed by atoms with Gasteiger partial charge in [-0.3, -0.25) is 0 Å². The van der Waals surface area contributed by atoms with E-state index in [4.69, 9.17) is 0 Å². The van der Waals surface area contributed by atoms with Crippen LogP contribution in [-0.2, 0) is 0 Å². The molecule has 0 aliphatic carbocycles. The van der Waals surface area contributed by atoms with Crippen LogP contribution in [0.15, 0.2) is 0 Å². The zero-order valence-electron chi connectivity index (χ0n) is 2.22. The summed E-state index contributed by atoms with van der Waals surface area (Å²) >= 11 is 0. The molecule has 0 radical (unpaired) electrons. The standard InChI is InChI=1S/2Al.3ClH.2H2O.6H/h;;3*1H;2*1H2;;;;;;. The lowest BCUT2D eigenvalue weighted by molar-refractivity contribution is 0.823. The van der Waals surface area contributed by atoms with Crippen molar-refractivity contribution in [1.82, 2.24) is 0 Å². The Hall–Kier alpha value is 1.85. The van der Waals surface area contributed by atoms with Gasteiger partial charge in [-0.15, -0.1) is 37.2 Å². The van der Waals surface area contributed by atoms with Crippen LogP contribution in [0.2, 0.25) is 0 Å². The monoisotopic (exact) mass is 204 g/mol.